The highest BCUT2D eigenvalue weighted by Crippen LogP contribution is 2.54. The molecule has 0 bridgehead atoms. The van der Waals surface area contributed by atoms with Crippen LogP contribution in [-0.4, -0.2) is 19.9 Å². The molecule has 232 valence electrons. The molecule has 2 heterocycles. The molecule has 1 aliphatic rings. The molecule has 0 spiro atoms. The largest absolute Gasteiger partial charge is 0.255 e. The van der Waals surface area contributed by atoms with Crippen LogP contribution in [0.3, 0.4) is 0 Å². The van der Waals surface area contributed by atoms with Crippen molar-refractivity contribution in [3.8, 4) is 67.7 Å². The Morgan fingerprint density at radius 3 is 1.80 bits per heavy atom. The molecule has 0 atom stereocenters. The van der Waals surface area contributed by atoms with E-state index in [-0.39, 0.29) is 5.41 Å². The predicted octanol–water partition coefficient (Wildman–Crippen LogP) is 11.1. The third-order valence-electron chi connectivity index (χ3n) is 9.78. The van der Waals surface area contributed by atoms with Gasteiger partial charge in [-0.05, 0) is 62.4 Å². The van der Waals surface area contributed by atoms with E-state index in [9.17, 15) is 0 Å². The van der Waals surface area contributed by atoms with Crippen molar-refractivity contribution in [2.45, 2.75) is 19.3 Å². The van der Waals surface area contributed by atoms with Gasteiger partial charge in [0.2, 0.25) is 0 Å². The molecular weight excluding hydrogens is 597 g/mol. The molecule has 0 aliphatic heterocycles. The molecule has 0 N–H and O–H groups in total. The van der Waals surface area contributed by atoms with Crippen LogP contribution < -0.4 is 0 Å². The van der Waals surface area contributed by atoms with E-state index in [0.29, 0.717) is 17.5 Å². The van der Waals surface area contributed by atoms with E-state index in [1.165, 1.54) is 38.6 Å². The van der Waals surface area contributed by atoms with Gasteiger partial charge in [0.25, 0.3) is 0 Å². The first-order valence-corrected chi connectivity index (χ1v) is 16.6. The summed E-state index contributed by atoms with van der Waals surface area (Å²) < 4.78 is 0. The highest BCUT2D eigenvalue weighted by molar-refractivity contribution is 6.06. The summed E-state index contributed by atoms with van der Waals surface area (Å²) in [7, 11) is 0. The number of pyridine rings is 1. The maximum Gasteiger partial charge on any atom is 0.165 e. The van der Waals surface area contributed by atoms with Gasteiger partial charge in [-0.1, -0.05) is 147 Å². The molecule has 49 heavy (non-hydrogen) atoms. The van der Waals surface area contributed by atoms with Gasteiger partial charge in [-0.3, -0.25) is 4.98 Å². The number of fused-ring (bicyclic) bond motifs is 5. The normalized spacial score (nSPS) is 12.9. The van der Waals surface area contributed by atoms with Crippen LogP contribution in [0.1, 0.15) is 25.0 Å². The van der Waals surface area contributed by atoms with Crippen molar-refractivity contribution in [3.05, 3.63) is 169 Å². The molecule has 0 radical (unpaired) electrons. The van der Waals surface area contributed by atoms with Crippen molar-refractivity contribution < 1.29 is 0 Å². The number of rotatable bonds is 5. The zero-order valence-corrected chi connectivity index (χ0v) is 27.3. The van der Waals surface area contributed by atoms with E-state index in [1.54, 1.807) is 0 Å². The smallest absolute Gasteiger partial charge is 0.165 e. The van der Waals surface area contributed by atoms with E-state index < -0.39 is 0 Å². The van der Waals surface area contributed by atoms with Gasteiger partial charge < -0.3 is 0 Å². The van der Waals surface area contributed by atoms with Crippen LogP contribution in [0.4, 0.5) is 0 Å². The molecule has 0 saturated heterocycles. The van der Waals surface area contributed by atoms with Crippen LogP contribution in [0, 0.1) is 0 Å². The quantitative estimate of drug-likeness (QED) is 0.190. The second-order valence-corrected chi connectivity index (χ2v) is 13.1. The Morgan fingerprint density at radius 2 is 1.04 bits per heavy atom. The Bertz CT molecular complexity index is 2500. The number of aromatic nitrogens is 4. The van der Waals surface area contributed by atoms with Crippen molar-refractivity contribution >= 4 is 10.8 Å². The number of benzene rings is 6. The summed E-state index contributed by atoms with van der Waals surface area (Å²) >= 11 is 0. The zero-order chi connectivity index (χ0) is 33.0. The molecule has 0 saturated carbocycles. The third kappa shape index (κ3) is 4.92. The minimum atomic E-state index is -0.111. The summed E-state index contributed by atoms with van der Waals surface area (Å²) in [4.78, 5) is 19.8. The topological polar surface area (TPSA) is 51.6 Å². The first kappa shape index (κ1) is 28.9. The lowest BCUT2D eigenvalue weighted by molar-refractivity contribution is 0.661. The highest BCUT2D eigenvalue weighted by Gasteiger charge is 2.37. The maximum absolute atomic E-state index is 5.05. The Balaban J connectivity index is 1.19. The van der Waals surface area contributed by atoms with Crippen LogP contribution in [0.5, 0.6) is 0 Å². The third-order valence-corrected chi connectivity index (χ3v) is 9.78. The Labute approximate surface area is 285 Å². The van der Waals surface area contributed by atoms with E-state index >= 15 is 0 Å². The number of hydrogen-bond donors (Lipinski definition) is 0. The average Bonchev–Trinajstić information content (AvgIpc) is 3.42. The summed E-state index contributed by atoms with van der Waals surface area (Å²) in [6.07, 6.45) is 1.85. The zero-order valence-electron chi connectivity index (χ0n) is 27.3. The predicted molar refractivity (Wildman–Crippen MR) is 200 cm³/mol. The number of nitrogens with zero attached hydrogens (tertiary/aromatic N) is 4. The molecule has 2 aromatic heterocycles. The van der Waals surface area contributed by atoms with Crippen LogP contribution >= 0.6 is 0 Å². The summed E-state index contributed by atoms with van der Waals surface area (Å²) in [6, 6.07) is 53.0. The minimum absolute atomic E-state index is 0.111. The van der Waals surface area contributed by atoms with Crippen LogP contribution in [0.15, 0.2) is 158 Å². The van der Waals surface area contributed by atoms with E-state index in [2.05, 4.69) is 105 Å². The molecule has 0 unspecified atom stereocenters. The van der Waals surface area contributed by atoms with Gasteiger partial charge in [0.05, 0.1) is 5.69 Å². The van der Waals surface area contributed by atoms with Gasteiger partial charge >= 0.3 is 0 Å². The molecule has 0 fully saturated rings. The highest BCUT2D eigenvalue weighted by atomic mass is 15.0. The second kappa shape index (κ2) is 11.5. The van der Waals surface area contributed by atoms with Gasteiger partial charge in [-0.15, -0.1) is 0 Å². The number of hydrogen-bond acceptors (Lipinski definition) is 4. The summed E-state index contributed by atoms with van der Waals surface area (Å²) in [5, 5.41) is 2.54. The van der Waals surface area contributed by atoms with E-state index in [4.69, 9.17) is 19.9 Å². The van der Waals surface area contributed by atoms with Gasteiger partial charge in [0.1, 0.15) is 0 Å². The molecule has 4 nitrogen and oxygen atoms in total. The fourth-order valence-electron chi connectivity index (χ4n) is 7.27. The minimum Gasteiger partial charge on any atom is -0.255 e. The van der Waals surface area contributed by atoms with Crippen LogP contribution in [0.2, 0.25) is 0 Å². The molecule has 4 heteroatoms. The molecular formula is C45H32N4. The summed E-state index contributed by atoms with van der Waals surface area (Å²) in [5.41, 5.74) is 12.3. The van der Waals surface area contributed by atoms with Crippen molar-refractivity contribution in [2.24, 2.45) is 0 Å². The first-order chi connectivity index (χ1) is 24.0. The summed E-state index contributed by atoms with van der Waals surface area (Å²) in [5.74, 6) is 1.83. The molecule has 6 aromatic carbocycles. The van der Waals surface area contributed by atoms with Crippen molar-refractivity contribution in [2.75, 3.05) is 0 Å². The lowest BCUT2D eigenvalue weighted by atomic mass is 9.81. The summed E-state index contributed by atoms with van der Waals surface area (Å²) in [6.45, 7) is 4.68. The van der Waals surface area contributed by atoms with Gasteiger partial charge in [0, 0.05) is 33.9 Å². The fourth-order valence-corrected chi connectivity index (χ4v) is 7.27. The second-order valence-electron chi connectivity index (χ2n) is 13.1. The Kier molecular flexibility index (Phi) is 6.77. The van der Waals surface area contributed by atoms with Gasteiger partial charge in [-0.2, -0.15) is 0 Å². The van der Waals surface area contributed by atoms with E-state index in [0.717, 1.165) is 33.5 Å². The van der Waals surface area contributed by atoms with Crippen LogP contribution in [0.25, 0.3) is 78.4 Å². The average molecular weight is 629 g/mol. The molecule has 9 rings (SSSR count). The fraction of sp³-hybridized carbons (Fsp3) is 0.0667. The molecule has 1 aliphatic carbocycles. The maximum atomic E-state index is 5.05. The SMILES string of the molecule is CC1(C)c2cccc(-c3cccc(-c4nc(-c5ccccc5)nc(-c5ccc(-c6ccccc6)nc5)n4)c3)c2-c2c1ccc1ccccc21. The lowest BCUT2D eigenvalue weighted by Gasteiger charge is -2.21. The van der Waals surface area contributed by atoms with Crippen molar-refractivity contribution in [1.82, 2.24) is 19.9 Å². The van der Waals surface area contributed by atoms with Gasteiger partial charge in [-0.25, -0.2) is 15.0 Å². The monoisotopic (exact) mass is 628 g/mol. The lowest BCUT2D eigenvalue weighted by Crippen LogP contribution is -2.14. The van der Waals surface area contributed by atoms with Crippen LogP contribution in [-0.2, 0) is 5.41 Å². The molecule has 8 aromatic rings. The van der Waals surface area contributed by atoms with Crippen molar-refractivity contribution in [1.29, 1.82) is 0 Å². The Morgan fingerprint density at radius 1 is 0.429 bits per heavy atom. The first-order valence-electron chi connectivity index (χ1n) is 16.6. The molecule has 0 amide bonds. The van der Waals surface area contributed by atoms with Gasteiger partial charge in [0.15, 0.2) is 17.5 Å². The Hall–Kier alpha value is -6.26. The van der Waals surface area contributed by atoms with Crippen molar-refractivity contribution in [3.63, 3.8) is 0 Å². The standard InChI is InChI=1S/C45H32N4/c1-45(2)37-22-12-21-36(41(37)40-35-20-10-9-13-29(35)23-25-38(40)45)32-18-11-19-33(27-32)43-47-42(31-16-7-4-8-17-31)48-44(49-43)34-24-26-39(46-28-34)30-14-5-3-6-15-30/h3-28H,1-2H3. The van der Waals surface area contributed by atoms with E-state index in [1.807, 2.05) is 66.9 Å².